The van der Waals surface area contributed by atoms with E-state index in [1.165, 1.54) is 5.56 Å². The zero-order valence-electron chi connectivity index (χ0n) is 9.12. The molecule has 0 aliphatic rings. The lowest BCUT2D eigenvalue weighted by atomic mass is 10.1. The van der Waals surface area contributed by atoms with Crippen LogP contribution < -0.4 is 11.1 Å². The van der Waals surface area contributed by atoms with Gasteiger partial charge in [0.25, 0.3) is 0 Å². The third-order valence-electron chi connectivity index (χ3n) is 2.19. The molecule has 0 saturated carbocycles. The van der Waals surface area contributed by atoms with Crippen LogP contribution >= 0.6 is 0 Å². The molecular weight excluding hydrogens is 188 g/mol. The summed E-state index contributed by atoms with van der Waals surface area (Å²) in [6.07, 6.45) is 1.28. The van der Waals surface area contributed by atoms with Crippen LogP contribution in [0, 0.1) is 6.92 Å². The molecular formula is C12H18N2O. The molecule has 0 fully saturated rings. The highest BCUT2D eigenvalue weighted by Gasteiger charge is 2.01. The molecule has 15 heavy (non-hydrogen) atoms. The Balaban J connectivity index is 2.34. The van der Waals surface area contributed by atoms with E-state index in [1.807, 2.05) is 31.2 Å². The molecule has 1 amide bonds. The van der Waals surface area contributed by atoms with Crippen LogP contribution in [0.3, 0.4) is 0 Å². The Labute approximate surface area is 90.7 Å². The average Bonchev–Trinajstić information content (AvgIpc) is 2.22. The maximum absolute atomic E-state index is 11.4. The Kier molecular flexibility index (Phi) is 4.84. The summed E-state index contributed by atoms with van der Waals surface area (Å²) in [7, 11) is 0. The molecule has 0 bridgehead atoms. The molecule has 0 radical (unpaired) electrons. The summed E-state index contributed by atoms with van der Waals surface area (Å²) in [5.74, 6) is 0.0623. The molecule has 0 aliphatic carbocycles. The van der Waals surface area contributed by atoms with Crippen LogP contribution in [-0.2, 0) is 11.2 Å². The van der Waals surface area contributed by atoms with Crippen LogP contribution in [0.2, 0.25) is 0 Å². The molecule has 1 aromatic rings. The van der Waals surface area contributed by atoms with Crippen molar-refractivity contribution in [2.45, 2.75) is 19.8 Å². The summed E-state index contributed by atoms with van der Waals surface area (Å²) in [5, 5.41) is 2.83. The first-order valence-electron chi connectivity index (χ1n) is 5.24. The highest BCUT2D eigenvalue weighted by molar-refractivity contribution is 5.78. The molecule has 0 aliphatic heterocycles. The Hall–Kier alpha value is -1.35. The van der Waals surface area contributed by atoms with Gasteiger partial charge in [0.05, 0.1) is 6.42 Å². The molecule has 0 saturated heterocycles. The minimum atomic E-state index is 0.0623. The molecule has 0 unspecified atom stereocenters. The van der Waals surface area contributed by atoms with E-state index in [0.717, 1.165) is 12.0 Å². The largest absolute Gasteiger partial charge is 0.356 e. The number of carbonyl (C=O) groups excluding carboxylic acids is 1. The summed E-state index contributed by atoms with van der Waals surface area (Å²) >= 11 is 0. The summed E-state index contributed by atoms with van der Waals surface area (Å²) in [6.45, 7) is 3.32. The number of rotatable bonds is 5. The standard InChI is InChI=1S/C12H18N2O/c1-10-3-5-11(6-4-10)9-12(15)14-8-2-7-13/h3-6H,2,7-9,13H2,1H3,(H,14,15). The quantitative estimate of drug-likeness (QED) is 0.706. The first-order chi connectivity index (χ1) is 7.22. The number of amides is 1. The lowest BCUT2D eigenvalue weighted by Crippen LogP contribution is -2.27. The van der Waals surface area contributed by atoms with Crippen molar-refractivity contribution >= 4 is 5.91 Å². The van der Waals surface area contributed by atoms with Crippen LogP contribution in [-0.4, -0.2) is 19.0 Å². The van der Waals surface area contributed by atoms with Gasteiger partial charge in [-0.15, -0.1) is 0 Å². The van der Waals surface area contributed by atoms with Crippen LogP contribution in [0.5, 0.6) is 0 Å². The normalized spacial score (nSPS) is 10.0. The number of nitrogens with two attached hydrogens (primary N) is 1. The van der Waals surface area contributed by atoms with Crippen molar-refractivity contribution in [2.75, 3.05) is 13.1 Å². The van der Waals surface area contributed by atoms with Crippen molar-refractivity contribution in [3.8, 4) is 0 Å². The average molecular weight is 206 g/mol. The van der Waals surface area contributed by atoms with Crippen LogP contribution in [0.25, 0.3) is 0 Å². The van der Waals surface area contributed by atoms with Crippen LogP contribution in [0.4, 0.5) is 0 Å². The van der Waals surface area contributed by atoms with E-state index in [-0.39, 0.29) is 5.91 Å². The lowest BCUT2D eigenvalue weighted by Gasteiger charge is -2.04. The number of carbonyl (C=O) groups is 1. The zero-order valence-corrected chi connectivity index (χ0v) is 9.12. The van der Waals surface area contributed by atoms with Crippen molar-refractivity contribution in [1.29, 1.82) is 0 Å². The Morgan fingerprint density at radius 2 is 2.00 bits per heavy atom. The van der Waals surface area contributed by atoms with E-state index in [2.05, 4.69) is 5.32 Å². The van der Waals surface area contributed by atoms with Gasteiger partial charge in [-0.1, -0.05) is 29.8 Å². The van der Waals surface area contributed by atoms with Crippen molar-refractivity contribution in [3.05, 3.63) is 35.4 Å². The summed E-state index contributed by atoms with van der Waals surface area (Å²) < 4.78 is 0. The molecule has 0 spiro atoms. The monoisotopic (exact) mass is 206 g/mol. The van der Waals surface area contributed by atoms with Gasteiger partial charge >= 0.3 is 0 Å². The molecule has 0 heterocycles. The van der Waals surface area contributed by atoms with Crippen molar-refractivity contribution in [3.63, 3.8) is 0 Å². The Morgan fingerprint density at radius 3 is 2.60 bits per heavy atom. The van der Waals surface area contributed by atoms with E-state index in [9.17, 15) is 4.79 Å². The van der Waals surface area contributed by atoms with Gasteiger partial charge in [0, 0.05) is 6.54 Å². The third kappa shape index (κ3) is 4.61. The molecule has 3 nitrogen and oxygen atoms in total. The lowest BCUT2D eigenvalue weighted by molar-refractivity contribution is -0.120. The second-order valence-electron chi connectivity index (χ2n) is 3.65. The number of benzene rings is 1. The summed E-state index contributed by atoms with van der Waals surface area (Å²) in [6, 6.07) is 8.00. The molecule has 3 heteroatoms. The van der Waals surface area contributed by atoms with E-state index in [0.29, 0.717) is 19.5 Å². The van der Waals surface area contributed by atoms with Gasteiger partial charge in [-0.2, -0.15) is 0 Å². The van der Waals surface area contributed by atoms with Gasteiger partial charge in [0.1, 0.15) is 0 Å². The maximum atomic E-state index is 11.4. The van der Waals surface area contributed by atoms with Crippen LogP contribution in [0.15, 0.2) is 24.3 Å². The second kappa shape index (κ2) is 6.19. The van der Waals surface area contributed by atoms with Gasteiger partial charge in [0.15, 0.2) is 0 Å². The van der Waals surface area contributed by atoms with E-state index >= 15 is 0 Å². The first-order valence-corrected chi connectivity index (χ1v) is 5.24. The third-order valence-corrected chi connectivity index (χ3v) is 2.19. The van der Waals surface area contributed by atoms with Gasteiger partial charge in [-0.05, 0) is 25.5 Å². The zero-order chi connectivity index (χ0) is 11.1. The maximum Gasteiger partial charge on any atom is 0.224 e. The molecule has 82 valence electrons. The number of hydrogen-bond acceptors (Lipinski definition) is 2. The van der Waals surface area contributed by atoms with Gasteiger partial charge in [-0.3, -0.25) is 4.79 Å². The van der Waals surface area contributed by atoms with Crippen molar-refractivity contribution < 1.29 is 4.79 Å². The summed E-state index contributed by atoms with van der Waals surface area (Å²) in [5.41, 5.74) is 7.59. The van der Waals surface area contributed by atoms with Gasteiger partial charge in [-0.25, -0.2) is 0 Å². The van der Waals surface area contributed by atoms with Gasteiger partial charge < -0.3 is 11.1 Å². The Bertz CT molecular complexity index is 306. The molecule has 1 rings (SSSR count). The van der Waals surface area contributed by atoms with E-state index in [1.54, 1.807) is 0 Å². The van der Waals surface area contributed by atoms with Crippen molar-refractivity contribution in [2.24, 2.45) is 5.73 Å². The fraction of sp³-hybridized carbons (Fsp3) is 0.417. The second-order valence-corrected chi connectivity index (χ2v) is 3.65. The molecule has 1 aromatic carbocycles. The molecule has 0 aromatic heterocycles. The smallest absolute Gasteiger partial charge is 0.224 e. The fourth-order valence-corrected chi connectivity index (χ4v) is 1.28. The fourth-order valence-electron chi connectivity index (χ4n) is 1.28. The topological polar surface area (TPSA) is 55.1 Å². The van der Waals surface area contributed by atoms with Crippen molar-refractivity contribution in [1.82, 2.24) is 5.32 Å². The first kappa shape index (κ1) is 11.7. The number of hydrogen-bond donors (Lipinski definition) is 2. The Morgan fingerprint density at radius 1 is 1.33 bits per heavy atom. The van der Waals surface area contributed by atoms with Gasteiger partial charge in [0.2, 0.25) is 5.91 Å². The number of nitrogens with one attached hydrogen (secondary N) is 1. The minimum Gasteiger partial charge on any atom is -0.356 e. The highest BCUT2D eigenvalue weighted by atomic mass is 16.1. The highest BCUT2D eigenvalue weighted by Crippen LogP contribution is 2.03. The molecule has 0 atom stereocenters. The predicted octanol–water partition coefficient (Wildman–Crippen LogP) is 1.00. The van der Waals surface area contributed by atoms with Crippen LogP contribution in [0.1, 0.15) is 17.5 Å². The van der Waals surface area contributed by atoms with E-state index in [4.69, 9.17) is 5.73 Å². The number of aryl methyl sites for hydroxylation is 1. The predicted molar refractivity (Wildman–Crippen MR) is 61.6 cm³/mol. The SMILES string of the molecule is Cc1ccc(CC(=O)NCCCN)cc1. The summed E-state index contributed by atoms with van der Waals surface area (Å²) in [4.78, 5) is 11.4. The van der Waals surface area contributed by atoms with E-state index < -0.39 is 0 Å². The molecule has 3 N–H and O–H groups in total. The minimum absolute atomic E-state index is 0.0623.